The van der Waals surface area contributed by atoms with Gasteiger partial charge in [0.1, 0.15) is 18.1 Å². The van der Waals surface area contributed by atoms with Crippen LogP contribution in [0.3, 0.4) is 0 Å². The summed E-state index contributed by atoms with van der Waals surface area (Å²) in [6.45, 7) is 2.56. The molecule has 5 nitrogen and oxygen atoms in total. The fourth-order valence-electron chi connectivity index (χ4n) is 3.56. The van der Waals surface area contributed by atoms with Crippen molar-refractivity contribution in [2.45, 2.75) is 31.9 Å². The molecule has 1 aromatic heterocycles. The van der Waals surface area contributed by atoms with E-state index in [4.69, 9.17) is 10.5 Å². The average molecular weight is 432 g/mol. The van der Waals surface area contributed by atoms with Crippen LogP contribution in [-0.4, -0.2) is 21.7 Å². The Kier molecular flexibility index (Phi) is 6.37. The highest BCUT2D eigenvalue weighted by Gasteiger charge is 2.29. The minimum atomic E-state index is -0.343. The Morgan fingerprint density at radius 3 is 2.65 bits per heavy atom. The van der Waals surface area contributed by atoms with E-state index in [9.17, 15) is 4.79 Å². The molecule has 0 aliphatic carbocycles. The van der Waals surface area contributed by atoms with Crippen molar-refractivity contribution >= 4 is 22.7 Å². The summed E-state index contributed by atoms with van der Waals surface area (Å²) in [5.41, 5.74) is 9.15. The standard InChI is InChI=1S/C25H25N3O2S/c1-25(12-13-31-24(26)28-25)20-9-5-8-19(14-20)15-23(29)22-11-10-21(16-27-22)30-17-18-6-3-2-4-7-18/h2-11,14,16H,12-13,15,17H2,1H3,(H2,26,28)/t25-/m0/s1. The van der Waals surface area contributed by atoms with Gasteiger partial charge in [0.05, 0.1) is 11.7 Å². The number of pyridine rings is 1. The quantitative estimate of drug-likeness (QED) is 0.546. The van der Waals surface area contributed by atoms with E-state index in [1.54, 1.807) is 30.1 Å². The minimum Gasteiger partial charge on any atom is -0.487 e. The topological polar surface area (TPSA) is 77.6 Å². The molecule has 0 bridgehead atoms. The fraction of sp³-hybridized carbons (Fsp3) is 0.240. The number of aliphatic imine (C=N–C) groups is 1. The first-order valence-corrected chi connectivity index (χ1v) is 11.2. The van der Waals surface area contributed by atoms with Gasteiger partial charge in [0.15, 0.2) is 11.0 Å². The number of aromatic nitrogens is 1. The van der Waals surface area contributed by atoms with E-state index < -0.39 is 0 Å². The summed E-state index contributed by atoms with van der Waals surface area (Å²) >= 11 is 1.59. The number of ketones is 1. The first kappa shape index (κ1) is 21.1. The molecule has 0 amide bonds. The first-order chi connectivity index (χ1) is 15.0. The number of rotatable bonds is 7. The number of carbonyl (C=O) groups is 1. The van der Waals surface area contributed by atoms with Crippen LogP contribution in [0.15, 0.2) is 77.9 Å². The van der Waals surface area contributed by atoms with Crippen molar-refractivity contribution in [3.05, 3.63) is 95.3 Å². The van der Waals surface area contributed by atoms with Gasteiger partial charge in [-0.2, -0.15) is 0 Å². The number of nitrogens with two attached hydrogens (primary N) is 1. The Balaban J connectivity index is 1.41. The van der Waals surface area contributed by atoms with E-state index in [2.05, 4.69) is 29.0 Å². The van der Waals surface area contributed by atoms with Gasteiger partial charge in [0.2, 0.25) is 0 Å². The van der Waals surface area contributed by atoms with Crippen LogP contribution < -0.4 is 10.5 Å². The van der Waals surface area contributed by atoms with Gasteiger partial charge in [-0.15, -0.1) is 0 Å². The highest BCUT2D eigenvalue weighted by Crippen LogP contribution is 2.35. The number of hydrogen-bond donors (Lipinski definition) is 1. The summed E-state index contributed by atoms with van der Waals surface area (Å²) in [5.74, 6) is 1.55. The maximum atomic E-state index is 12.8. The molecule has 1 atom stereocenters. The van der Waals surface area contributed by atoms with Gasteiger partial charge in [-0.05, 0) is 42.2 Å². The second-order valence-electron chi connectivity index (χ2n) is 7.78. The molecule has 4 rings (SSSR count). The maximum Gasteiger partial charge on any atom is 0.185 e. The molecule has 158 valence electrons. The van der Waals surface area contributed by atoms with Gasteiger partial charge in [-0.3, -0.25) is 9.79 Å². The van der Waals surface area contributed by atoms with Crippen LogP contribution in [0, 0.1) is 0 Å². The van der Waals surface area contributed by atoms with Crippen LogP contribution in [0.5, 0.6) is 5.75 Å². The van der Waals surface area contributed by atoms with Gasteiger partial charge >= 0.3 is 0 Å². The van der Waals surface area contributed by atoms with Crippen molar-refractivity contribution < 1.29 is 9.53 Å². The van der Waals surface area contributed by atoms with Gasteiger partial charge < -0.3 is 10.5 Å². The highest BCUT2D eigenvalue weighted by atomic mass is 32.2. The van der Waals surface area contributed by atoms with Gasteiger partial charge in [-0.1, -0.05) is 66.4 Å². The van der Waals surface area contributed by atoms with Crippen LogP contribution in [0.2, 0.25) is 0 Å². The van der Waals surface area contributed by atoms with Crippen LogP contribution >= 0.6 is 11.8 Å². The fourth-order valence-corrected chi connectivity index (χ4v) is 4.53. The third-order valence-corrected chi connectivity index (χ3v) is 6.17. The molecule has 0 saturated heterocycles. The number of nitrogens with zero attached hydrogens (tertiary/aromatic N) is 2. The molecule has 3 aromatic rings. The largest absolute Gasteiger partial charge is 0.487 e. The van der Waals surface area contributed by atoms with E-state index in [-0.39, 0.29) is 17.7 Å². The van der Waals surface area contributed by atoms with E-state index in [1.165, 1.54) is 0 Å². The molecule has 0 unspecified atom stereocenters. The summed E-state index contributed by atoms with van der Waals surface area (Å²) in [7, 11) is 0. The molecular weight excluding hydrogens is 406 g/mol. The van der Waals surface area contributed by atoms with Crippen molar-refractivity contribution in [2.75, 3.05) is 5.75 Å². The molecule has 0 spiro atoms. The summed E-state index contributed by atoms with van der Waals surface area (Å²) < 4.78 is 5.75. The molecule has 0 saturated carbocycles. The van der Waals surface area contributed by atoms with Crippen LogP contribution in [0.4, 0.5) is 0 Å². The zero-order chi connectivity index (χ0) is 21.7. The van der Waals surface area contributed by atoms with E-state index in [0.717, 1.165) is 28.9 Å². The maximum absolute atomic E-state index is 12.8. The predicted octanol–water partition coefficient (Wildman–Crippen LogP) is 4.75. The number of benzene rings is 2. The second-order valence-corrected chi connectivity index (χ2v) is 8.89. The molecule has 31 heavy (non-hydrogen) atoms. The van der Waals surface area contributed by atoms with Gasteiger partial charge in [0, 0.05) is 12.2 Å². The zero-order valence-corrected chi connectivity index (χ0v) is 18.3. The number of amidine groups is 1. The lowest BCUT2D eigenvalue weighted by molar-refractivity contribution is 0.0988. The van der Waals surface area contributed by atoms with E-state index in [0.29, 0.717) is 23.2 Å². The highest BCUT2D eigenvalue weighted by molar-refractivity contribution is 8.13. The molecule has 6 heteroatoms. The first-order valence-electron chi connectivity index (χ1n) is 10.3. The molecule has 2 heterocycles. The second kappa shape index (κ2) is 9.35. The summed E-state index contributed by atoms with van der Waals surface area (Å²) in [5, 5.41) is 0.619. The summed E-state index contributed by atoms with van der Waals surface area (Å²) in [6.07, 6.45) is 2.81. The van der Waals surface area contributed by atoms with Crippen LogP contribution in [-0.2, 0) is 18.6 Å². The molecule has 0 fully saturated rings. The monoisotopic (exact) mass is 431 g/mol. The Morgan fingerprint density at radius 1 is 1.10 bits per heavy atom. The smallest absolute Gasteiger partial charge is 0.185 e. The normalized spacial score (nSPS) is 18.3. The minimum absolute atomic E-state index is 0.0286. The summed E-state index contributed by atoms with van der Waals surface area (Å²) in [6, 6.07) is 21.5. The molecular formula is C25H25N3O2S. The Labute approximate surface area is 186 Å². The molecule has 1 aliphatic heterocycles. The van der Waals surface area contributed by atoms with Crippen LogP contribution in [0.1, 0.15) is 40.5 Å². The molecule has 2 aromatic carbocycles. The van der Waals surface area contributed by atoms with E-state index >= 15 is 0 Å². The van der Waals surface area contributed by atoms with Gasteiger partial charge in [-0.25, -0.2) is 4.98 Å². The van der Waals surface area contributed by atoms with Crippen LogP contribution in [0.25, 0.3) is 0 Å². The lowest BCUT2D eigenvalue weighted by Gasteiger charge is -2.30. The van der Waals surface area contributed by atoms with Crippen molar-refractivity contribution in [1.82, 2.24) is 4.98 Å². The number of carbonyl (C=O) groups excluding carboxylic acids is 1. The van der Waals surface area contributed by atoms with Crippen molar-refractivity contribution in [2.24, 2.45) is 10.7 Å². The number of Topliss-reactive ketones (excluding diaryl/α,β-unsaturated/α-hetero) is 1. The van der Waals surface area contributed by atoms with Gasteiger partial charge in [0.25, 0.3) is 0 Å². The van der Waals surface area contributed by atoms with Crippen molar-refractivity contribution in [1.29, 1.82) is 0 Å². The van der Waals surface area contributed by atoms with Crippen molar-refractivity contribution in [3.63, 3.8) is 0 Å². The SMILES string of the molecule is C[C@@]1(c2cccc(CC(=O)c3ccc(OCc4ccccc4)cn3)c2)CCSC(N)=N1. The Morgan fingerprint density at radius 2 is 1.90 bits per heavy atom. The number of hydrogen-bond acceptors (Lipinski definition) is 6. The Hall–Kier alpha value is -3.12. The lowest BCUT2D eigenvalue weighted by Crippen LogP contribution is -2.28. The molecule has 0 radical (unpaired) electrons. The third-order valence-electron chi connectivity index (χ3n) is 5.38. The number of ether oxygens (including phenoxy) is 1. The number of thioether (sulfide) groups is 1. The molecule has 1 aliphatic rings. The molecule has 2 N–H and O–H groups in total. The third kappa shape index (κ3) is 5.33. The summed E-state index contributed by atoms with van der Waals surface area (Å²) in [4.78, 5) is 21.7. The predicted molar refractivity (Wildman–Crippen MR) is 126 cm³/mol. The van der Waals surface area contributed by atoms with E-state index in [1.807, 2.05) is 42.5 Å². The lowest BCUT2D eigenvalue weighted by atomic mass is 9.88. The Bertz CT molecular complexity index is 1080. The van der Waals surface area contributed by atoms with Crippen molar-refractivity contribution in [3.8, 4) is 5.75 Å². The average Bonchev–Trinajstić information content (AvgIpc) is 2.79. The zero-order valence-electron chi connectivity index (χ0n) is 17.5.